The van der Waals surface area contributed by atoms with Crippen molar-refractivity contribution < 1.29 is 9.50 Å². The van der Waals surface area contributed by atoms with E-state index in [2.05, 4.69) is 9.97 Å². The van der Waals surface area contributed by atoms with E-state index in [-0.39, 0.29) is 16.6 Å². The predicted octanol–water partition coefficient (Wildman–Crippen LogP) is 3.03. The van der Waals surface area contributed by atoms with Gasteiger partial charge in [-0.05, 0) is 24.6 Å². The molecule has 0 aliphatic heterocycles. The molecule has 88 valence electrons. The second-order valence-electron chi connectivity index (χ2n) is 3.39. The molecule has 17 heavy (non-hydrogen) atoms. The standard InChI is InChI=1S/C12H11FN2OS/c1-2-10-11(13)12(15-7-14-10)17-9-5-3-4-8(16)6-9/h3-7,16H,2H2,1H3. The van der Waals surface area contributed by atoms with E-state index >= 15 is 0 Å². The van der Waals surface area contributed by atoms with Crippen LogP contribution in [0.5, 0.6) is 5.75 Å². The summed E-state index contributed by atoms with van der Waals surface area (Å²) in [5.74, 6) is -0.233. The maximum absolute atomic E-state index is 13.9. The highest BCUT2D eigenvalue weighted by Gasteiger charge is 2.11. The number of hydrogen-bond acceptors (Lipinski definition) is 4. The fraction of sp³-hybridized carbons (Fsp3) is 0.167. The number of aromatic nitrogens is 2. The summed E-state index contributed by atoms with van der Waals surface area (Å²) in [6.45, 7) is 1.84. The van der Waals surface area contributed by atoms with Crippen molar-refractivity contribution in [1.82, 2.24) is 9.97 Å². The van der Waals surface area contributed by atoms with Gasteiger partial charge in [-0.2, -0.15) is 0 Å². The second-order valence-corrected chi connectivity index (χ2v) is 4.45. The molecule has 1 aromatic carbocycles. The van der Waals surface area contributed by atoms with Crippen LogP contribution in [-0.2, 0) is 6.42 Å². The number of phenolic OH excluding ortho intramolecular Hbond substituents is 1. The monoisotopic (exact) mass is 250 g/mol. The number of phenols is 1. The van der Waals surface area contributed by atoms with E-state index in [1.165, 1.54) is 18.1 Å². The van der Waals surface area contributed by atoms with Gasteiger partial charge >= 0.3 is 0 Å². The van der Waals surface area contributed by atoms with Gasteiger partial charge in [-0.3, -0.25) is 0 Å². The van der Waals surface area contributed by atoms with Crippen molar-refractivity contribution in [3.63, 3.8) is 0 Å². The lowest BCUT2D eigenvalue weighted by molar-refractivity contribution is 0.474. The molecule has 0 unspecified atom stereocenters. The number of aryl methyl sites for hydroxylation is 1. The molecule has 2 aromatic rings. The lowest BCUT2D eigenvalue weighted by Gasteiger charge is -2.04. The van der Waals surface area contributed by atoms with Gasteiger partial charge in [0, 0.05) is 4.90 Å². The van der Waals surface area contributed by atoms with E-state index in [0.29, 0.717) is 12.1 Å². The first-order valence-corrected chi connectivity index (χ1v) is 5.98. The number of rotatable bonds is 3. The zero-order valence-corrected chi connectivity index (χ0v) is 10.0. The summed E-state index contributed by atoms with van der Waals surface area (Å²) in [7, 11) is 0. The average Bonchev–Trinajstić information content (AvgIpc) is 2.32. The van der Waals surface area contributed by atoms with Crippen molar-refractivity contribution in [3.05, 3.63) is 42.1 Å². The fourth-order valence-electron chi connectivity index (χ4n) is 1.36. The summed E-state index contributed by atoms with van der Waals surface area (Å²) >= 11 is 1.17. The quantitative estimate of drug-likeness (QED) is 0.850. The first-order chi connectivity index (χ1) is 8.20. The van der Waals surface area contributed by atoms with E-state index < -0.39 is 0 Å². The first kappa shape index (κ1) is 11.9. The van der Waals surface area contributed by atoms with Crippen molar-refractivity contribution >= 4 is 11.8 Å². The van der Waals surface area contributed by atoms with Gasteiger partial charge in [-0.15, -0.1) is 0 Å². The highest BCUT2D eigenvalue weighted by atomic mass is 32.2. The molecule has 0 spiro atoms. The molecule has 0 saturated heterocycles. The van der Waals surface area contributed by atoms with Crippen LogP contribution in [0.25, 0.3) is 0 Å². The Balaban J connectivity index is 2.30. The summed E-state index contributed by atoms with van der Waals surface area (Å²) in [5, 5.41) is 9.60. The largest absolute Gasteiger partial charge is 0.508 e. The molecule has 2 rings (SSSR count). The average molecular weight is 250 g/mol. The molecular formula is C12H11FN2OS. The van der Waals surface area contributed by atoms with Crippen LogP contribution >= 0.6 is 11.8 Å². The second kappa shape index (κ2) is 5.14. The highest BCUT2D eigenvalue weighted by Crippen LogP contribution is 2.30. The Morgan fingerprint density at radius 3 is 2.88 bits per heavy atom. The van der Waals surface area contributed by atoms with Crippen molar-refractivity contribution in [2.45, 2.75) is 23.3 Å². The molecular weight excluding hydrogens is 239 g/mol. The summed E-state index contributed by atoms with van der Waals surface area (Å²) in [5.41, 5.74) is 0.405. The summed E-state index contributed by atoms with van der Waals surface area (Å²) < 4.78 is 13.9. The van der Waals surface area contributed by atoms with E-state index in [0.717, 1.165) is 4.90 Å². The molecule has 0 fully saturated rings. The van der Waals surface area contributed by atoms with Crippen LogP contribution in [0.3, 0.4) is 0 Å². The van der Waals surface area contributed by atoms with Crippen molar-refractivity contribution in [2.24, 2.45) is 0 Å². The van der Waals surface area contributed by atoms with Crippen LogP contribution in [0, 0.1) is 5.82 Å². The summed E-state index contributed by atoms with van der Waals surface area (Å²) in [4.78, 5) is 8.52. The molecule has 0 saturated carbocycles. The number of aromatic hydroxyl groups is 1. The molecule has 3 nitrogen and oxygen atoms in total. The van der Waals surface area contributed by atoms with Gasteiger partial charge in [0.25, 0.3) is 0 Å². The predicted molar refractivity (Wildman–Crippen MR) is 63.6 cm³/mol. The lowest BCUT2D eigenvalue weighted by atomic mass is 10.3. The van der Waals surface area contributed by atoms with Crippen molar-refractivity contribution in [2.75, 3.05) is 0 Å². The Bertz CT molecular complexity index is 534. The van der Waals surface area contributed by atoms with Crippen LogP contribution in [-0.4, -0.2) is 15.1 Å². The Hall–Kier alpha value is -1.62. The van der Waals surface area contributed by atoms with Gasteiger partial charge in [0.05, 0.1) is 5.69 Å². The minimum atomic E-state index is -0.386. The van der Waals surface area contributed by atoms with Crippen molar-refractivity contribution in [3.8, 4) is 5.75 Å². The van der Waals surface area contributed by atoms with Gasteiger partial charge in [-0.25, -0.2) is 14.4 Å². The maximum atomic E-state index is 13.9. The highest BCUT2D eigenvalue weighted by molar-refractivity contribution is 7.99. The number of nitrogens with zero attached hydrogens (tertiary/aromatic N) is 2. The number of halogens is 1. The van der Waals surface area contributed by atoms with E-state index in [1.807, 2.05) is 6.92 Å². The number of benzene rings is 1. The molecule has 0 radical (unpaired) electrons. The molecule has 1 N–H and O–H groups in total. The minimum absolute atomic E-state index is 0.153. The lowest BCUT2D eigenvalue weighted by Crippen LogP contribution is -1.97. The van der Waals surface area contributed by atoms with Crippen LogP contribution in [0.2, 0.25) is 0 Å². The molecule has 1 aromatic heterocycles. The molecule has 0 amide bonds. The SMILES string of the molecule is CCc1ncnc(Sc2cccc(O)c2)c1F. The Morgan fingerprint density at radius 2 is 2.18 bits per heavy atom. The fourth-order valence-corrected chi connectivity index (χ4v) is 2.22. The molecule has 0 bridgehead atoms. The summed E-state index contributed by atoms with van der Waals surface area (Å²) in [6.07, 6.45) is 1.88. The number of hydrogen-bond donors (Lipinski definition) is 1. The Morgan fingerprint density at radius 1 is 1.35 bits per heavy atom. The van der Waals surface area contributed by atoms with Crippen molar-refractivity contribution in [1.29, 1.82) is 0 Å². The van der Waals surface area contributed by atoms with Crippen LogP contribution in [0.1, 0.15) is 12.6 Å². The van der Waals surface area contributed by atoms with Gasteiger partial charge in [-0.1, -0.05) is 24.8 Å². The van der Waals surface area contributed by atoms with Gasteiger partial charge in [0.2, 0.25) is 0 Å². The first-order valence-electron chi connectivity index (χ1n) is 5.17. The third-order valence-corrected chi connectivity index (χ3v) is 3.16. The Kier molecular flexibility index (Phi) is 3.58. The van der Waals surface area contributed by atoms with Gasteiger partial charge in [0.15, 0.2) is 5.82 Å². The zero-order valence-electron chi connectivity index (χ0n) is 9.22. The zero-order chi connectivity index (χ0) is 12.3. The van der Waals surface area contributed by atoms with Crippen LogP contribution in [0.15, 0.2) is 40.5 Å². The third kappa shape index (κ3) is 2.74. The molecule has 0 aliphatic rings. The van der Waals surface area contributed by atoms with E-state index in [4.69, 9.17) is 0 Å². The van der Waals surface area contributed by atoms with Crippen LogP contribution < -0.4 is 0 Å². The molecule has 0 atom stereocenters. The molecule has 1 heterocycles. The smallest absolute Gasteiger partial charge is 0.177 e. The topological polar surface area (TPSA) is 46.0 Å². The normalized spacial score (nSPS) is 10.5. The maximum Gasteiger partial charge on any atom is 0.177 e. The Labute approximate surface area is 103 Å². The minimum Gasteiger partial charge on any atom is -0.508 e. The third-order valence-electron chi connectivity index (χ3n) is 2.20. The van der Waals surface area contributed by atoms with E-state index in [9.17, 15) is 9.50 Å². The van der Waals surface area contributed by atoms with Gasteiger partial charge in [0.1, 0.15) is 17.1 Å². The summed E-state index contributed by atoms with van der Waals surface area (Å²) in [6, 6.07) is 6.63. The van der Waals surface area contributed by atoms with Crippen LogP contribution in [0.4, 0.5) is 4.39 Å². The molecule has 0 aliphatic carbocycles. The van der Waals surface area contributed by atoms with E-state index in [1.54, 1.807) is 24.3 Å². The van der Waals surface area contributed by atoms with Gasteiger partial charge < -0.3 is 5.11 Å². The molecule has 5 heteroatoms.